The first kappa shape index (κ1) is 23.4. The first-order chi connectivity index (χ1) is 16.0. The Bertz CT molecular complexity index is 959. The molecule has 6 nitrogen and oxygen atoms in total. The van der Waals surface area contributed by atoms with Crippen molar-refractivity contribution in [2.24, 2.45) is 5.73 Å². The summed E-state index contributed by atoms with van der Waals surface area (Å²) < 4.78 is 13.4. The highest BCUT2D eigenvalue weighted by Gasteiger charge is 2.42. The van der Waals surface area contributed by atoms with Crippen molar-refractivity contribution in [1.29, 1.82) is 0 Å². The average Bonchev–Trinajstić information content (AvgIpc) is 3.67. The van der Waals surface area contributed by atoms with E-state index in [1.54, 1.807) is 4.90 Å². The lowest BCUT2D eigenvalue weighted by atomic mass is 9.93. The van der Waals surface area contributed by atoms with Gasteiger partial charge in [-0.2, -0.15) is 0 Å². The van der Waals surface area contributed by atoms with Gasteiger partial charge < -0.3 is 16.0 Å². The third kappa shape index (κ3) is 5.78. The number of carbonyl (C=O) groups is 2. The molecule has 2 amide bonds. The molecule has 1 saturated heterocycles. The number of carbonyl (C=O) groups excluding carboxylic acids is 2. The van der Waals surface area contributed by atoms with Gasteiger partial charge in [-0.3, -0.25) is 14.5 Å². The molecule has 2 fully saturated rings. The Labute approximate surface area is 194 Å². The van der Waals surface area contributed by atoms with Gasteiger partial charge in [0.1, 0.15) is 11.9 Å². The van der Waals surface area contributed by atoms with Gasteiger partial charge in [-0.25, -0.2) is 4.39 Å². The van der Waals surface area contributed by atoms with Crippen molar-refractivity contribution in [3.8, 4) is 0 Å². The number of piperidine rings is 1. The normalized spacial score (nSPS) is 20.7. The van der Waals surface area contributed by atoms with Crippen LogP contribution in [0.2, 0.25) is 0 Å². The molecule has 0 spiro atoms. The summed E-state index contributed by atoms with van der Waals surface area (Å²) in [6, 6.07) is 14.3. The number of rotatable bonds is 8. The summed E-state index contributed by atoms with van der Waals surface area (Å²) in [5, 5.41) is 2.87. The number of nitrogens with two attached hydrogens (primary N) is 1. The zero-order valence-corrected chi connectivity index (χ0v) is 19.2. The highest BCUT2D eigenvalue weighted by atomic mass is 19.1. The summed E-state index contributed by atoms with van der Waals surface area (Å²) in [6.45, 7) is 4.13. The Balaban J connectivity index is 1.53. The summed E-state index contributed by atoms with van der Waals surface area (Å²) in [7, 11) is 0. The van der Waals surface area contributed by atoms with Gasteiger partial charge in [0.25, 0.3) is 5.91 Å². The maximum atomic E-state index is 13.4. The number of nitrogens with one attached hydrogen (secondary N) is 1. The Morgan fingerprint density at radius 3 is 2.39 bits per heavy atom. The number of likely N-dealkylation sites (tertiary alicyclic amines) is 1. The molecule has 0 bridgehead atoms. The van der Waals surface area contributed by atoms with E-state index in [9.17, 15) is 14.0 Å². The number of hydrogen-bond acceptors (Lipinski definition) is 4. The van der Waals surface area contributed by atoms with Crippen molar-refractivity contribution in [2.45, 2.75) is 57.3 Å². The first-order valence-electron chi connectivity index (χ1n) is 11.8. The van der Waals surface area contributed by atoms with Crippen LogP contribution in [-0.4, -0.2) is 59.4 Å². The van der Waals surface area contributed by atoms with Crippen LogP contribution in [0, 0.1) is 12.7 Å². The molecule has 2 atom stereocenters. The summed E-state index contributed by atoms with van der Waals surface area (Å²) in [4.78, 5) is 30.5. The quantitative estimate of drug-likeness (QED) is 0.646. The minimum Gasteiger partial charge on any atom is -0.353 e. The molecule has 2 aromatic carbocycles. The summed E-state index contributed by atoms with van der Waals surface area (Å²) >= 11 is 0. The number of benzene rings is 2. The smallest absolute Gasteiger partial charge is 0.254 e. The Morgan fingerprint density at radius 2 is 1.76 bits per heavy atom. The molecule has 1 aliphatic heterocycles. The van der Waals surface area contributed by atoms with E-state index >= 15 is 0 Å². The number of halogens is 1. The molecule has 4 rings (SSSR count). The first-order valence-corrected chi connectivity index (χ1v) is 11.8. The largest absolute Gasteiger partial charge is 0.353 e. The van der Waals surface area contributed by atoms with Gasteiger partial charge in [-0.1, -0.05) is 29.8 Å². The molecular weight excluding hydrogens is 419 g/mol. The van der Waals surface area contributed by atoms with E-state index in [0.29, 0.717) is 37.7 Å². The molecule has 1 saturated carbocycles. The Hall–Kier alpha value is -2.77. The molecule has 1 unspecified atom stereocenters. The van der Waals surface area contributed by atoms with Crippen LogP contribution in [0.5, 0.6) is 0 Å². The Morgan fingerprint density at radius 1 is 1.06 bits per heavy atom. The second kappa shape index (κ2) is 10.4. The standard InChI is InChI=1S/C26H33FN4O2/c1-18-2-4-19(5-3-18)17-31(22-10-11-22)23-12-15-30(24(16-23)25(32)29-14-13-28)26(33)20-6-8-21(27)9-7-20/h2-9,22-24H,10-17,28H2,1H3,(H,29,32)/t23?,24-/m1/s1. The molecule has 1 heterocycles. The van der Waals surface area contributed by atoms with Crippen LogP contribution in [0.3, 0.4) is 0 Å². The lowest BCUT2D eigenvalue weighted by Gasteiger charge is -2.43. The van der Waals surface area contributed by atoms with Crippen molar-refractivity contribution in [1.82, 2.24) is 15.1 Å². The maximum Gasteiger partial charge on any atom is 0.254 e. The lowest BCUT2D eigenvalue weighted by Crippen LogP contribution is -2.57. The lowest BCUT2D eigenvalue weighted by molar-refractivity contribution is -0.127. The highest BCUT2D eigenvalue weighted by Crippen LogP contribution is 2.35. The van der Waals surface area contributed by atoms with Crippen LogP contribution in [0.4, 0.5) is 4.39 Å². The van der Waals surface area contributed by atoms with E-state index in [1.165, 1.54) is 48.2 Å². The second-order valence-electron chi connectivity index (χ2n) is 9.17. The van der Waals surface area contributed by atoms with Gasteiger partial charge in [-0.15, -0.1) is 0 Å². The predicted molar refractivity (Wildman–Crippen MR) is 126 cm³/mol. The number of amides is 2. The van der Waals surface area contributed by atoms with Crippen molar-refractivity contribution in [2.75, 3.05) is 19.6 Å². The van der Waals surface area contributed by atoms with Crippen molar-refractivity contribution < 1.29 is 14.0 Å². The predicted octanol–water partition coefficient (Wildman–Crippen LogP) is 2.85. The molecule has 7 heteroatoms. The maximum absolute atomic E-state index is 13.4. The average molecular weight is 453 g/mol. The fourth-order valence-electron chi connectivity index (χ4n) is 4.68. The van der Waals surface area contributed by atoms with Gasteiger partial charge in [0.2, 0.25) is 5.91 Å². The summed E-state index contributed by atoms with van der Waals surface area (Å²) in [5.74, 6) is -0.803. The molecular formula is C26H33FN4O2. The fraction of sp³-hybridized carbons (Fsp3) is 0.462. The minimum absolute atomic E-state index is 0.174. The van der Waals surface area contributed by atoms with E-state index in [0.717, 1.165) is 13.0 Å². The number of aryl methyl sites for hydroxylation is 1. The van der Waals surface area contributed by atoms with Crippen molar-refractivity contribution in [3.63, 3.8) is 0 Å². The summed E-state index contributed by atoms with van der Waals surface area (Å²) in [5.41, 5.74) is 8.48. The monoisotopic (exact) mass is 452 g/mol. The van der Waals surface area contributed by atoms with Crippen LogP contribution < -0.4 is 11.1 Å². The minimum atomic E-state index is -0.577. The molecule has 1 aliphatic carbocycles. The SMILES string of the molecule is Cc1ccc(CN(C2CC2)C2CCN(C(=O)c3ccc(F)cc3)[C@@H](C(=O)NCCN)C2)cc1. The molecule has 0 aromatic heterocycles. The van der Waals surface area contributed by atoms with Crippen molar-refractivity contribution in [3.05, 3.63) is 71.0 Å². The van der Waals surface area contributed by atoms with Crippen LogP contribution in [-0.2, 0) is 11.3 Å². The van der Waals surface area contributed by atoms with E-state index in [-0.39, 0.29) is 17.9 Å². The van der Waals surface area contributed by atoms with Gasteiger partial charge in [0.05, 0.1) is 0 Å². The van der Waals surface area contributed by atoms with Gasteiger partial charge >= 0.3 is 0 Å². The van der Waals surface area contributed by atoms with Crippen LogP contribution >= 0.6 is 0 Å². The summed E-state index contributed by atoms with van der Waals surface area (Å²) in [6.07, 6.45) is 3.72. The van der Waals surface area contributed by atoms with Crippen LogP contribution in [0.1, 0.15) is 47.2 Å². The topological polar surface area (TPSA) is 78.7 Å². The number of hydrogen-bond donors (Lipinski definition) is 2. The van der Waals surface area contributed by atoms with Crippen molar-refractivity contribution >= 4 is 11.8 Å². The molecule has 2 aliphatic rings. The molecule has 2 aromatic rings. The highest BCUT2D eigenvalue weighted by molar-refractivity contribution is 5.97. The zero-order valence-electron chi connectivity index (χ0n) is 19.2. The molecule has 0 radical (unpaired) electrons. The zero-order chi connectivity index (χ0) is 23.4. The Kier molecular flexibility index (Phi) is 7.40. The fourth-order valence-corrected chi connectivity index (χ4v) is 4.68. The van der Waals surface area contributed by atoms with Crippen LogP contribution in [0.15, 0.2) is 48.5 Å². The van der Waals surface area contributed by atoms with Gasteiger partial charge in [0, 0.05) is 43.8 Å². The van der Waals surface area contributed by atoms with E-state index in [2.05, 4.69) is 41.4 Å². The van der Waals surface area contributed by atoms with E-state index < -0.39 is 11.9 Å². The number of nitrogens with zero attached hydrogens (tertiary/aromatic N) is 2. The second-order valence-corrected chi connectivity index (χ2v) is 9.17. The third-order valence-corrected chi connectivity index (χ3v) is 6.64. The van der Waals surface area contributed by atoms with E-state index in [1.807, 2.05) is 0 Å². The molecule has 3 N–H and O–H groups in total. The molecule has 176 valence electrons. The van der Waals surface area contributed by atoms with Gasteiger partial charge in [-0.05, 0) is 62.4 Å². The third-order valence-electron chi connectivity index (χ3n) is 6.64. The van der Waals surface area contributed by atoms with E-state index in [4.69, 9.17) is 5.73 Å². The molecule has 33 heavy (non-hydrogen) atoms. The van der Waals surface area contributed by atoms with Gasteiger partial charge in [0.15, 0.2) is 0 Å². The van der Waals surface area contributed by atoms with Crippen LogP contribution in [0.25, 0.3) is 0 Å².